The average molecular weight is 351 g/mol. The van der Waals surface area contributed by atoms with Crippen molar-refractivity contribution in [1.82, 2.24) is 0 Å². The second-order valence-corrected chi connectivity index (χ2v) is 8.37. The third-order valence-corrected chi connectivity index (χ3v) is 5.27. The second-order valence-electron chi connectivity index (χ2n) is 8.37. The number of anilines is 2. The highest BCUT2D eigenvalue weighted by Gasteiger charge is 2.18. The number of hydrogen-bond acceptors (Lipinski definition) is 2. The molecular weight excluding hydrogens is 320 g/mol. The van der Waals surface area contributed by atoms with Gasteiger partial charge in [-0.3, -0.25) is 4.79 Å². The maximum Gasteiger partial charge on any atom is 0.255 e. The summed E-state index contributed by atoms with van der Waals surface area (Å²) in [6.07, 6.45) is 3.83. The summed E-state index contributed by atoms with van der Waals surface area (Å²) in [6, 6.07) is 16.7. The van der Waals surface area contributed by atoms with E-state index < -0.39 is 0 Å². The Morgan fingerprint density at radius 3 is 2.23 bits per heavy atom. The Kier molecular flexibility index (Phi) is 5.36. The van der Waals surface area contributed by atoms with Crippen molar-refractivity contribution in [1.29, 1.82) is 0 Å². The molecule has 2 aromatic carbocycles. The summed E-state index contributed by atoms with van der Waals surface area (Å²) >= 11 is 0. The molecule has 1 aliphatic heterocycles. The molecule has 138 valence electrons. The number of amides is 1. The van der Waals surface area contributed by atoms with Gasteiger partial charge in [-0.15, -0.1) is 0 Å². The number of rotatable bonds is 3. The van der Waals surface area contributed by atoms with Crippen molar-refractivity contribution in [3.05, 3.63) is 59.7 Å². The molecular formula is C23H30N2O. The van der Waals surface area contributed by atoms with Crippen molar-refractivity contribution >= 4 is 17.3 Å². The quantitative estimate of drug-likeness (QED) is 0.780. The first-order valence-electron chi connectivity index (χ1n) is 9.63. The van der Waals surface area contributed by atoms with E-state index in [1.807, 2.05) is 36.4 Å². The lowest BCUT2D eigenvalue weighted by Crippen LogP contribution is -2.37. The van der Waals surface area contributed by atoms with E-state index in [1.54, 1.807) is 0 Å². The van der Waals surface area contributed by atoms with Gasteiger partial charge in [0.15, 0.2) is 0 Å². The van der Waals surface area contributed by atoms with E-state index in [4.69, 9.17) is 0 Å². The molecule has 26 heavy (non-hydrogen) atoms. The van der Waals surface area contributed by atoms with E-state index in [-0.39, 0.29) is 11.3 Å². The van der Waals surface area contributed by atoms with Crippen LogP contribution in [0.2, 0.25) is 0 Å². The molecule has 0 spiro atoms. The molecule has 1 N–H and O–H groups in total. The largest absolute Gasteiger partial charge is 0.369 e. The standard InChI is InChI=1S/C23H30N2O/c1-17-7-5-6-16-25(17)21-14-12-20(13-15-21)24-22(26)18-8-10-19(11-9-18)23(2,3)4/h8-15,17H,5-7,16H2,1-4H3,(H,24,26)/t17-/m1/s1. The fourth-order valence-electron chi connectivity index (χ4n) is 3.54. The summed E-state index contributed by atoms with van der Waals surface area (Å²) < 4.78 is 0. The van der Waals surface area contributed by atoms with Gasteiger partial charge in [0, 0.05) is 29.5 Å². The molecule has 1 aliphatic rings. The zero-order valence-electron chi connectivity index (χ0n) is 16.4. The molecule has 1 saturated heterocycles. The molecule has 0 unspecified atom stereocenters. The van der Waals surface area contributed by atoms with Crippen molar-refractivity contribution in [3.8, 4) is 0 Å². The van der Waals surface area contributed by atoms with Crippen LogP contribution in [0.25, 0.3) is 0 Å². The van der Waals surface area contributed by atoms with Gasteiger partial charge in [0.25, 0.3) is 5.91 Å². The van der Waals surface area contributed by atoms with Crippen molar-refractivity contribution in [2.45, 2.75) is 58.4 Å². The summed E-state index contributed by atoms with van der Waals surface area (Å²) in [5, 5.41) is 3.00. The van der Waals surface area contributed by atoms with Crippen LogP contribution in [0.15, 0.2) is 48.5 Å². The van der Waals surface area contributed by atoms with E-state index in [0.717, 1.165) is 12.2 Å². The van der Waals surface area contributed by atoms with E-state index in [0.29, 0.717) is 11.6 Å². The summed E-state index contributed by atoms with van der Waals surface area (Å²) in [5.74, 6) is -0.0652. The van der Waals surface area contributed by atoms with Crippen LogP contribution in [0.5, 0.6) is 0 Å². The summed E-state index contributed by atoms with van der Waals surface area (Å²) in [7, 11) is 0. The van der Waals surface area contributed by atoms with Gasteiger partial charge in [-0.1, -0.05) is 32.9 Å². The van der Waals surface area contributed by atoms with E-state index in [1.165, 1.54) is 30.5 Å². The van der Waals surface area contributed by atoms with Crippen LogP contribution in [-0.4, -0.2) is 18.5 Å². The maximum atomic E-state index is 12.5. The summed E-state index contributed by atoms with van der Waals surface area (Å²) in [6.45, 7) is 9.93. The lowest BCUT2D eigenvalue weighted by atomic mass is 9.87. The van der Waals surface area contributed by atoms with Gasteiger partial charge in [-0.05, 0) is 73.6 Å². The van der Waals surface area contributed by atoms with Crippen LogP contribution < -0.4 is 10.2 Å². The second kappa shape index (κ2) is 7.53. The fraction of sp³-hybridized carbons (Fsp3) is 0.435. The number of hydrogen-bond donors (Lipinski definition) is 1. The summed E-state index contributed by atoms with van der Waals surface area (Å²) in [4.78, 5) is 15.0. The SMILES string of the molecule is C[C@@H]1CCCCN1c1ccc(NC(=O)c2ccc(C(C)(C)C)cc2)cc1. The number of carbonyl (C=O) groups is 1. The number of benzene rings is 2. The first-order valence-corrected chi connectivity index (χ1v) is 9.63. The van der Waals surface area contributed by atoms with Gasteiger partial charge < -0.3 is 10.2 Å². The zero-order chi connectivity index (χ0) is 18.7. The van der Waals surface area contributed by atoms with E-state index in [9.17, 15) is 4.79 Å². The van der Waals surface area contributed by atoms with Gasteiger partial charge >= 0.3 is 0 Å². The third-order valence-electron chi connectivity index (χ3n) is 5.27. The Bertz CT molecular complexity index is 741. The number of nitrogens with one attached hydrogen (secondary N) is 1. The van der Waals surface area contributed by atoms with Crippen LogP contribution in [0.3, 0.4) is 0 Å². The van der Waals surface area contributed by atoms with Gasteiger partial charge in [-0.2, -0.15) is 0 Å². The fourth-order valence-corrected chi connectivity index (χ4v) is 3.54. The van der Waals surface area contributed by atoms with Gasteiger partial charge in [-0.25, -0.2) is 0 Å². The highest BCUT2D eigenvalue weighted by atomic mass is 16.1. The molecule has 1 fully saturated rings. The van der Waals surface area contributed by atoms with Crippen molar-refractivity contribution in [2.75, 3.05) is 16.8 Å². The Balaban J connectivity index is 1.66. The van der Waals surface area contributed by atoms with Gasteiger partial charge in [0.05, 0.1) is 0 Å². The van der Waals surface area contributed by atoms with E-state index >= 15 is 0 Å². The molecule has 3 nitrogen and oxygen atoms in total. The molecule has 0 radical (unpaired) electrons. The Labute approximate surface area is 157 Å². The number of nitrogens with zero attached hydrogens (tertiary/aromatic N) is 1. The lowest BCUT2D eigenvalue weighted by Gasteiger charge is -2.35. The summed E-state index contributed by atoms with van der Waals surface area (Å²) in [5.41, 5.74) is 4.09. The molecule has 3 heteroatoms. The van der Waals surface area contributed by atoms with E-state index in [2.05, 4.69) is 50.0 Å². The number of piperidine rings is 1. The smallest absolute Gasteiger partial charge is 0.255 e. The normalized spacial score (nSPS) is 17.8. The minimum atomic E-state index is -0.0652. The molecule has 2 aromatic rings. The van der Waals surface area contributed by atoms with Gasteiger partial charge in [0.2, 0.25) is 0 Å². The molecule has 1 atom stereocenters. The van der Waals surface area contributed by atoms with Crippen LogP contribution in [0.1, 0.15) is 62.9 Å². The zero-order valence-corrected chi connectivity index (χ0v) is 16.4. The van der Waals surface area contributed by atoms with Crippen molar-refractivity contribution in [3.63, 3.8) is 0 Å². The highest BCUT2D eigenvalue weighted by Crippen LogP contribution is 2.26. The Morgan fingerprint density at radius 1 is 1.00 bits per heavy atom. The lowest BCUT2D eigenvalue weighted by molar-refractivity contribution is 0.102. The van der Waals surface area contributed by atoms with Crippen LogP contribution >= 0.6 is 0 Å². The molecule has 0 bridgehead atoms. The third kappa shape index (κ3) is 4.27. The van der Waals surface area contributed by atoms with Crippen molar-refractivity contribution in [2.24, 2.45) is 0 Å². The minimum absolute atomic E-state index is 0.0652. The predicted octanol–water partition coefficient (Wildman–Crippen LogP) is 5.62. The van der Waals surface area contributed by atoms with Crippen LogP contribution in [0.4, 0.5) is 11.4 Å². The van der Waals surface area contributed by atoms with Crippen LogP contribution in [-0.2, 0) is 5.41 Å². The first kappa shape index (κ1) is 18.5. The topological polar surface area (TPSA) is 32.3 Å². The molecule has 0 aromatic heterocycles. The number of carbonyl (C=O) groups excluding carboxylic acids is 1. The molecule has 3 rings (SSSR count). The predicted molar refractivity (Wildman–Crippen MR) is 110 cm³/mol. The minimum Gasteiger partial charge on any atom is -0.369 e. The Hall–Kier alpha value is -2.29. The molecule has 0 saturated carbocycles. The molecule has 0 aliphatic carbocycles. The van der Waals surface area contributed by atoms with Crippen molar-refractivity contribution < 1.29 is 4.79 Å². The molecule has 1 heterocycles. The Morgan fingerprint density at radius 2 is 1.65 bits per heavy atom. The highest BCUT2D eigenvalue weighted by molar-refractivity contribution is 6.04. The van der Waals surface area contributed by atoms with Crippen LogP contribution in [0, 0.1) is 0 Å². The van der Waals surface area contributed by atoms with Gasteiger partial charge in [0.1, 0.15) is 0 Å². The maximum absolute atomic E-state index is 12.5. The average Bonchev–Trinajstić information content (AvgIpc) is 2.62. The monoisotopic (exact) mass is 350 g/mol. The first-order chi connectivity index (χ1) is 12.3. The molecule has 1 amide bonds.